The van der Waals surface area contributed by atoms with Crippen LogP contribution in [0.4, 0.5) is 0 Å². The van der Waals surface area contributed by atoms with Crippen LogP contribution >= 0.6 is 0 Å². The van der Waals surface area contributed by atoms with Crippen LogP contribution in [0, 0.1) is 0 Å². The molecule has 2 heterocycles. The third kappa shape index (κ3) is 3.71. The smallest absolute Gasteiger partial charge is 0.118 e. The molecule has 1 aliphatic rings. The van der Waals surface area contributed by atoms with Crippen molar-refractivity contribution >= 4 is 0 Å². The minimum absolute atomic E-state index is 0.719. The van der Waals surface area contributed by atoms with Crippen LogP contribution in [0.5, 0.6) is 0 Å². The highest BCUT2D eigenvalue weighted by Gasteiger charge is 2.20. The van der Waals surface area contributed by atoms with Crippen molar-refractivity contribution in [1.82, 2.24) is 20.0 Å². The van der Waals surface area contributed by atoms with E-state index in [1.165, 1.54) is 18.4 Å². The Balaban J connectivity index is 1.48. The second kappa shape index (κ2) is 5.81. The van der Waals surface area contributed by atoms with Crippen LogP contribution < -0.4 is 5.32 Å². The summed E-state index contributed by atoms with van der Waals surface area (Å²) in [6.45, 7) is 2.54. The van der Waals surface area contributed by atoms with E-state index in [-0.39, 0.29) is 0 Å². The molecule has 0 unspecified atom stereocenters. The third-order valence-corrected chi connectivity index (χ3v) is 3.50. The Kier molecular flexibility index (Phi) is 3.89. The summed E-state index contributed by atoms with van der Waals surface area (Å²) in [6.07, 6.45) is 6.57. The van der Waals surface area contributed by atoms with Crippen LogP contribution in [0.3, 0.4) is 0 Å². The average molecular weight is 274 g/mol. The molecule has 2 aromatic heterocycles. The number of nitrogens with zero attached hydrogens (tertiary/aromatic N) is 3. The number of nitrogens with one attached hydrogen (secondary N) is 1. The number of hydrogen-bond acceptors (Lipinski definition) is 4. The lowest BCUT2D eigenvalue weighted by Crippen LogP contribution is -2.16. The van der Waals surface area contributed by atoms with Gasteiger partial charge < -0.3 is 9.73 Å². The van der Waals surface area contributed by atoms with Crippen molar-refractivity contribution < 1.29 is 4.42 Å². The van der Waals surface area contributed by atoms with Gasteiger partial charge in [-0.2, -0.15) is 5.10 Å². The minimum atomic E-state index is 0.719. The van der Waals surface area contributed by atoms with Crippen molar-refractivity contribution in [2.45, 2.75) is 38.5 Å². The summed E-state index contributed by atoms with van der Waals surface area (Å²) in [4.78, 5) is 2.23. The molecule has 0 aromatic carbocycles. The van der Waals surface area contributed by atoms with Gasteiger partial charge in [-0.15, -0.1) is 0 Å². The lowest BCUT2D eigenvalue weighted by Gasteiger charge is -2.13. The van der Waals surface area contributed by atoms with E-state index in [1.54, 1.807) is 0 Å². The predicted molar refractivity (Wildman–Crippen MR) is 76.9 cm³/mol. The van der Waals surface area contributed by atoms with Gasteiger partial charge in [0.1, 0.15) is 11.5 Å². The molecule has 3 rings (SSSR count). The van der Waals surface area contributed by atoms with Crippen molar-refractivity contribution in [2.75, 3.05) is 7.05 Å². The molecule has 5 nitrogen and oxygen atoms in total. The van der Waals surface area contributed by atoms with Crippen molar-refractivity contribution in [1.29, 1.82) is 0 Å². The van der Waals surface area contributed by atoms with Gasteiger partial charge in [-0.3, -0.25) is 9.58 Å². The number of furan rings is 1. The van der Waals surface area contributed by atoms with Gasteiger partial charge in [-0.05, 0) is 32.0 Å². The fourth-order valence-electron chi connectivity index (χ4n) is 2.32. The summed E-state index contributed by atoms with van der Waals surface area (Å²) in [5.74, 6) is 2.05. The van der Waals surface area contributed by atoms with E-state index in [1.807, 2.05) is 24.1 Å². The molecule has 0 aliphatic heterocycles. The normalized spacial score (nSPS) is 15.2. The maximum absolute atomic E-state index is 5.85. The zero-order valence-corrected chi connectivity index (χ0v) is 12.2. The molecule has 1 saturated carbocycles. The minimum Gasteiger partial charge on any atom is -0.463 e. The molecular formula is C15H22N4O. The average Bonchev–Trinajstić information content (AvgIpc) is 3.00. The molecule has 2 aromatic rings. The van der Waals surface area contributed by atoms with E-state index in [4.69, 9.17) is 4.42 Å². The molecule has 20 heavy (non-hydrogen) atoms. The second-order valence-corrected chi connectivity index (χ2v) is 5.72. The molecule has 1 aliphatic carbocycles. The summed E-state index contributed by atoms with van der Waals surface area (Å²) in [5, 5.41) is 7.65. The van der Waals surface area contributed by atoms with Crippen LogP contribution in [0.15, 0.2) is 28.9 Å². The first kappa shape index (κ1) is 13.4. The Hall–Kier alpha value is -1.59. The van der Waals surface area contributed by atoms with Gasteiger partial charge in [0.05, 0.1) is 19.3 Å². The first-order valence-electron chi connectivity index (χ1n) is 7.16. The molecule has 0 saturated heterocycles. The first-order valence-corrected chi connectivity index (χ1v) is 7.16. The predicted octanol–water partition coefficient (Wildman–Crippen LogP) is 1.90. The second-order valence-electron chi connectivity index (χ2n) is 5.72. The third-order valence-electron chi connectivity index (χ3n) is 3.50. The van der Waals surface area contributed by atoms with Gasteiger partial charge in [0.25, 0.3) is 0 Å². The van der Waals surface area contributed by atoms with Gasteiger partial charge in [-0.25, -0.2) is 0 Å². The highest BCUT2D eigenvalue weighted by molar-refractivity contribution is 5.08. The first-order chi connectivity index (χ1) is 9.69. The van der Waals surface area contributed by atoms with E-state index in [0.29, 0.717) is 0 Å². The van der Waals surface area contributed by atoms with Crippen molar-refractivity contribution in [3.63, 3.8) is 0 Å². The maximum Gasteiger partial charge on any atom is 0.118 e. The zero-order valence-electron chi connectivity index (χ0n) is 12.2. The van der Waals surface area contributed by atoms with Crippen LogP contribution in [0.2, 0.25) is 0 Å². The van der Waals surface area contributed by atoms with Crippen molar-refractivity contribution in [2.24, 2.45) is 7.05 Å². The molecule has 0 amide bonds. The van der Waals surface area contributed by atoms with Crippen molar-refractivity contribution in [3.05, 3.63) is 41.6 Å². The van der Waals surface area contributed by atoms with E-state index in [2.05, 4.69) is 34.5 Å². The summed E-state index contributed by atoms with van der Waals surface area (Å²) in [7, 11) is 4.03. The Labute approximate surface area is 119 Å². The summed E-state index contributed by atoms with van der Waals surface area (Å²) < 4.78 is 7.68. The molecule has 0 atom stereocenters. The zero-order chi connectivity index (χ0) is 13.9. The van der Waals surface area contributed by atoms with Crippen LogP contribution in [-0.4, -0.2) is 27.8 Å². The highest BCUT2D eigenvalue weighted by Crippen LogP contribution is 2.20. The highest BCUT2D eigenvalue weighted by atomic mass is 16.3. The quantitative estimate of drug-likeness (QED) is 0.837. The Morgan fingerprint density at radius 2 is 2.15 bits per heavy atom. The monoisotopic (exact) mass is 274 g/mol. The number of rotatable bonds is 7. The van der Waals surface area contributed by atoms with Gasteiger partial charge in [0.2, 0.25) is 0 Å². The number of aromatic nitrogens is 2. The molecule has 1 fully saturated rings. The summed E-state index contributed by atoms with van der Waals surface area (Å²) >= 11 is 0. The maximum atomic E-state index is 5.85. The molecule has 5 heteroatoms. The molecule has 0 bridgehead atoms. The number of hydrogen-bond donors (Lipinski definition) is 1. The van der Waals surface area contributed by atoms with E-state index in [9.17, 15) is 0 Å². The standard InChI is InChI=1S/C15H22N4O/c1-18(9-12-7-17-19(2)10-12)11-15-6-5-14(20-15)8-16-13-3-4-13/h5-7,10,13,16H,3-4,8-9,11H2,1-2H3. The van der Waals surface area contributed by atoms with E-state index >= 15 is 0 Å². The summed E-state index contributed by atoms with van der Waals surface area (Å²) in [6, 6.07) is 4.86. The molecular weight excluding hydrogens is 252 g/mol. The topological polar surface area (TPSA) is 46.2 Å². The molecule has 108 valence electrons. The largest absolute Gasteiger partial charge is 0.463 e. The van der Waals surface area contributed by atoms with Gasteiger partial charge >= 0.3 is 0 Å². The fourth-order valence-corrected chi connectivity index (χ4v) is 2.32. The SMILES string of the molecule is CN(Cc1cnn(C)c1)Cc1ccc(CNC2CC2)o1. The lowest BCUT2D eigenvalue weighted by atomic mass is 10.3. The Morgan fingerprint density at radius 3 is 2.85 bits per heavy atom. The van der Waals surface area contributed by atoms with E-state index in [0.717, 1.165) is 37.2 Å². The van der Waals surface area contributed by atoms with Crippen LogP contribution in [-0.2, 0) is 26.7 Å². The Morgan fingerprint density at radius 1 is 1.35 bits per heavy atom. The molecule has 1 N–H and O–H groups in total. The lowest BCUT2D eigenvalue weighted by molar-refractivity contribution is 0.282. The Bertz CT molecular complexity index is 556. The van der Waals surface area contributed by atoms with Crippen LogP contribution in [0.1, 0.15) is 29.9 Å². The molecule has 0 spiro atoms. The number of aryl methyl sites for hydroxylation is 1. The van der Waals surface area contributed by atoms with Crippen molar-refractivity contribution in [3.8, 4) is 0 Å². The van der Waals surface area contributed by atoms with Gasteiger partial charge in [0, 0.05) is 31.4 Å². The molecule has 0 radical (unpaired) electrons. The van der Waals surface area contributed by atoms with Crippen LogP contribution in [0.25, 0.3) is 0 Å². The van der Waals surface area contributed by atoms with E-state index < -0.39 is 0 Å². The fraction of sp³-hybridized carbons (Fsp3) is 0.533. The van der Waals surface area contributed by atoms with Gasteiger partial charge in [0.15, 0.2) is 0 Å². The van der Waals surface area contributed by atoms with Gasteiger partial charge in [-0.1, -0.05) is 0 Å². The summed E-state index contributed by atoms with van der Waals surface area (Å²) in [5.41, 5.74) is 1.22.